The van der Waals surface area contributed by atoms with Gasteiger partial charge in [-0.3, -0.25) is 4.90 Å². The first kappa shape index (κ1) is 20.5. The normalized spacial score (nSPS) is 17.0. The second-order valence-corrected chi connectivity index (χ2v) is 8.42. The minimum absolute atomic E-state index is 0.157. The summed E-state index contributed by atoms with van der Waals surface area (Å²) in [5, 5.41) is 14.8. The van der Waals surface area contributed by atoms with E-state index in [-0.39, 0.29) is 11.7 Å². The Bertz CT molecular complexity index is 1350. The lowest BCUT2D eigenvalue weighted by Gasteiger charge is -2.36. The third-order valence-corrected chi connectivity index (χ3v) is 6.43. The van der Waals surface area contributed by atoms with Gasteiger partial charge in [-0.15, -0.1) is 0 Å². The van der Waals surface area contributed by atoms with Crippen molar-refractivity contribution in [1.82, 2.24) is 15.2 Å². The molecule has 2 aromatic heterocycles. The van der Waals surface area contributed by atoms with Crippen molar-refractivity contribution in [3.8, 4) is 6.07 Å². The van der Waals surface area contributed by atoms with Crippen LogP contribution in [0.1, 0.15) is 35.6 Å². The Morgan fingerprint density at radius 2 is 2.03 bits per heavy atom. The summed E-state index contributed by atoms with van der Waals surface area (Å²) >= 11 is 0. The summed E-state index contributed by atoms with van der Waals surface area (Å²) in [6.45, 7) is 3.71. The standard InChI is InChI=1S/C26H26N4O2/c27-15-18-8-9-23-21(13-18)19(16-29-23)5-3-4-11-30-12-10-28-17-24(30)22-14-26(31)32-25-7-2-1-6-20(22)25/h1-2,6-9,13-14,16,24,28-29H,3-5,10-12,17H2. The molecule has 4 aromatic rings. The number of piperazine rings is 1. The number of fused-ring (bicyclic) bond motifs is 2. The lowest BCUT2D eigenvalue weighted by molar-refractivity contribution is 0.160. The van der Waals surface area contributed by atoms with E-state index in [4.69, 9.17) is 4.42 Å². The second kappa shape index (κ2) is 8.99. The smallest absolute Gasteiger partial charge is 0.336 e. The zero-order chi connectivity index (χ0) is 21.9. The van der Waals surface area contributed by atoms with Crippen molar-refractivity contribution in [3.05, 3.63) is 81.8 Å². The number of nitriles is 1. The zero-order valence-electron chi connectivity index (χ0n) is 17.9. The molecule has 1 fully saturated rings. The maximum Gasteiger partial charge on any atom is 0.336 e. The highest BCUT2D eigenvalue weighted by Gasteiger charge is 2.25. The van der Waals surface area contributed by atoms with E-state index in [0.29, 0.717) is 11.1 Å². The van der Waals surface area contributed by atoms with Crippen LogP contribution in [0.4, 0.5) is 0 Å². The van der Waals surface area contributed by atoms with Gasteiger partial charge in [-0.1, -0.05) is 18.2 Å². The minimum Gasteiger partial charge on any atom is -0.423 e. The van der Waals surface area contributed by atoms with Gasteiger partial charge in [0.1, 0.15) is 5.58 Å². The average Bonchev–Trinajstić information content (AvgIpc) is 3.23. The highest BCUT2D eigenvalue weighted by Crippen LogP contribution is 2.28. The lowest BCUT2D eigenvalue weighted by atomic mass is 9.99. The lowest BCUT2D eigenvalue weighted by Crippen LogP contribution is -2.46. The Balaban J connectivity index is 1.28. The Morgan fingerprint density at radius 3 is 2.94 bits per heavy atom. The first-order chi connectivity index (χ1) is 15.7. The van der Waals surface area contributed by atoms with Crippen molar-refractivity contribution in [2.45, 2.75) is 25.3 Å². The molecular formula is C26H26N4O2. The fourth-order valence-electron chi connectivity index (χ4n) is 4.82. The van der Waals surface area contributed by atoms with E-state index in [9.17, 15) is 10.1 Å². The number of H-pyrrole nitrogens is 1. The van der Waals surface area contributed by atoms with Crippen LogP contribution in [0, 0.1) is 11.3 Å². The third-order valence-electron chi connectivity index (χ3n) is 6.43. The number of nitrogens with one attached hydrogen (secondary N) is 2. The number of para-hydroxylation sites is 1. The monoisotopic (exact) mass is 426 g/mol. The van der Waals surface area contributed by atoms with Gasteiger partial charge in [0.05, 0.1) is 11.6 Å². The fraction of sp³-hybridized carbons (Fsp3) is 0.308. The highest BCUT2D eigenvalue weighted by molar-refractivity contribution is 5.84. The van der Waals surface area contributed by atoms with Crippen molar-refractivity contribution in [2.24, 2.45) is 0 Å². The van der Waals surface area contributed by atoms with Crippen LogP contribution in [0.5, 0.6) is 0 Å². The molecule has 3 heterocycles. The number of aryl methyl sites for hydroxylation is 1. The predicted octanol–water partition coefficient (Wildman–Crippen LogP) is 4.12. The summed E-state index contributed by atoms with van der Waals surface area (Å²) in [6.07, 6.45) is 5.18. The van der Waals surface area contributed by atoms with Crippen molar-refractivity contribution >= 4 is 21.9 Å². The molecule has 6 nitrogen and oxygen atoms in total. The molecule has 0 radical (unpaired) electrons. The Labute approximate surface area is 186 Å². The molecule has 2 N–H and O–H groups in total. The molecule has 1 aliphatic heterocycles. The van der Waals surface area contributed by atoms with E-state index < -0.39 is 0 Å². The number of benzene rings is 2. The summed E-state index contributed by atoms with van der Waals surface area (Å²) in [5.41, 5.74) is 4.44. The number of nitrogens with zero attached hydrogens (tertiary/aromatic N) is 2. The summed E-state index contributed by atoms with van der Waals surface area (Å²) in [4.78, 5) is 18.0. The molecule has 2 aromatic carbocycles. The second-order valence-electron chi connectivity index (χ2n) is 8.42. The zero-order valence-corrected chi connectivity index (χ0v) is 17.9. The van der Waals surface area contributed by atoms with Gasteiger partial charge in [-0.2, -0.15) is 5.26 Å². The van der Waals surface area contributed by atoms with Crippen molar-refractivity contribution in [2.75, 3.05) is 26.2 Å². The van der Waals surface area contributed by atoms with Gasteiger partial charge in [-0.25, -0.2) is 4.79 Å². The van der Waals surface area contributed by atoms with Gasteiger partial charge in [0.25, 0.3) is 0 Å². The van der Waals surface area contributed by atoms with E-state index in [1.165, 1.54) is 5.56 Å². The van der Waals surface area contributed by atoms with Crippen LogP contribution in [0.2, 0.25) is 0 Å². The molecule has 32 heavy (non-hydrogen) atoms. The highest BCUT2D eigenvalue weighted by atomic mass is 16.4. The van der Waals surface area contributed by atoms with Crippen LogP contribution in [0.15, 0.2) is 63.9 Å². The molecule has 1 atom stereocenters. The van der Waals surface area contributed by atoms with Crippen molar-refractivity contribution in [3.63, 3.8) is 0 Å². The molecule has 0 spiro atoms. The molecule has 0 aliphatic carbocycles. The van der Waals surface area contributed by atoms with Crippen LogP contribution >= 0.6 is 0 Å². The summed E-state index contributed by atoms with van der Waals surface area (Å²) in [7, 11) is 0. The molecule has 0 saturated carbocycles. The van der Waals surface area contributed by atoms with Gasteiger partial charge in [-0.05, 0) is 61.2 Å². The van der Waals surface area contributed by atoms with Gasteiger partial charge >= 0.3 is 5.63 Å². The minimum atomic E-state index is -0.291. The number of aromatic nitrogens is 1. The van der Waals surface area contributed by atoms with E-state index in [2.05, 4.69) is 27.5 Å². The molecule has 1 saturated heterocycles. The SMILES string of the molecule is N#Cc1ccc2[nH]cc(CCCCN3CCNCC3c3cc(=O)oc4ccccc34)c2c1. The maximum absolute atomic E-state index is 12.2. The maximum atomic E-state index is 12.2. The van der Waals surface area contributed by atoms with Crippen LogP contribution in [-0.4, -0.2) is 36.1 Å². The van der Waals surface area contributed by atoms with Gasteiger partial charge < -0.3 is 14.7 Å². The summed E-state index contributed by atoms with van der Waals surface area (Å²) in [5.74, 6) is 0. The molecule has 1 unspecified atom stereocenters. The molecule has 6 heteroatoms. The Kier molecular flexibility index (Phi) is 5.76. The van der Waals surface area contributed by atoms with E-state index in [0.717, 1.165) is 67.3 Å². The van der Waals surface area contributed by atoms with Gasteiger partial charge in [0, 0.05) is 54.2 Å². The summed E-state index contributed by atoms with van der Waals surface area (Å²) < 4.78 is 5.40. The number of unbranched alkanes of at least 4 members (excludes halogenated alkanes) is 1. The Hall–Kier alpha value is -3.40. The molecule has 0 amide bonds. The molecule has 1 aliphatic rings. The molecule has 5 rings (SSSR count). The number of hydrogen-bond donors (Lipinski definition) is 2. The van der Waals surface area contributed by atoms with Crippen LogP contribution in [0.25, 0.3) is 21.9 Å². The average molecular weight is 427 g/mol. The Morgan fingerprint density at radius 1 is 1.12 bits per heavy atom. The number of aromatic amines is 1. The third kappa shape index (κ3) is 4.05. The molecule has 162 valence electrons. The van der Waals surface area contributed by atoms with Crippen LogP contribution in [0.3, 0.4) is 0 Å². The topological polar surface area (TPSA) is 85.1 Å². The molecular weight excluding hydrogens is 400 g/mol. The first-order valence-electron chi connectivity index (χ1n) is 11.2. The molecule has 0 bridgehead atoms. The van der Waals surface area contributed by atoms with Crippen LogP contribution in [-0.2, 0) is 6.42 Å². The van der Waals surface area contributed by atoms with Gasteiger partial charge in [0.2, 0.25) is 0 Å². The number of hydrogen-bond acceptors (Lipinski definition) is 5. The fourth-order valence-corrected chi connectivity index (χ4v) is 4.82. The van der Waals surface area contributed by atoms with Crippen molar-refractivity contribution < 1.29 is 4.42 Å². The predicted molar refractivity (Wildman–Crippen MR) is 126 cm³/mol. The first-order valence-corrected chi connectivity index (χ1v) is 11.2. The quantitative estimate of drug-likeness (QED) is 0.358. The van der Waals surface area contributed by atoms with Crippen LogP contribution < -0.4 is 10.9 Å². The van der Waals surface area contributed by atoms with E-state index in [1.54, 1.807) is 6.07 Å². The van der Waals surface area contributed by atoms with Gasteiger partial charge in [0.15, 0.2) is 0 Å². The van der Waals surface area contributed by atoms with E-state index >= 15 is 0 Å². The summed E-state index contributed by atoms with van der Waals surface area (Å²) in [6, 6.07) is 17.6. The van der Waals surface area contributed by atoms with E-state index in [1.807, 2.05) is 42.5 Å². The van der Waals surface area contributed by atoms with Crippen molar-refractivity contribution in [1.29, 1.82) is 5.26 Å². The number of rotatable bonds is 6. The largest absolute Gasteiger partial charge is 0.423 e.